The fourth-order valence-electron chi connectivity index (χ4n) is 2.74. The average Bonchev–Trinajstić information content (AvgIpc) is 2.92. The monoisotopic (exact) mass is 285 g/mol. The quantitative estimate of drug-likeness (QED) is 0.913. The molecule has 104 valence electrons. The Hall–Kier alpha value is -1.61. The first kappa shape index (κ1) is 13.4. The standard InChI is InChI=1S/C17H19NOS/c19-17(18-11-10-13-6-2-1-3-7-13)15-12-20-16-9-5-4-8-14(15)16/h1-3,6-7,12H,4-5,8-11H2,(H,18,19). The van der Waals surface area contributed by atoms with Crippen molar-refractivity contribution in [1.82, 2.24) is 5.32 Å². The molecule has 1 heterocycles. The van der Waals surface area contributed by atoms with Gasteiger partial charge in [0.2, 0.25) is 0 Å². The van der Waals surface area contributed by atoms with Gasteiger partial charge in [-0.3, -0.25) is 4.79 Å². The van der Waals surface area contributed by atoms with Gasteiger partial charge in [-0.1, -0.05) is 30.3 Å². The Balaban J connectivity index is 1.58. The number of thiophene rings is 1. The highest BCUT2D eigenvalue weighted by molar-refractivity contribution is 7.10. The number of rotatable bonds is 4. The summed E-state index contributed by atoms with van der Waals surface area (Å²) in [5.74, 6) is 0.0975. The van der Waals surface area contributed by atoms with E-state index in [1.165, 1.54) is 28.8 Å². The third kappa shape index (κ3) is 2.93. The van der Waals surface area contributed by atoms with Gasteiger partial charge in [0.25, 0.3) is 5.91 Å². The second-order valence-electron chi connectivity index (χ2n) is 5.25. The van der Waals surface area contributed by atoms with Gasteiger partial charge in [-0.2, -0.15) is 0 Å². The van der Waals surface area contributed by atoms with Crippen molar-refractivity contribution in [3.8, 4) is 0 Å². The van der Waals surface area contributed by atoms with E-state index in [2.05, 4.69) is 17.4 Å². The molecule has 0 atom stereocenters. The Labute approximate surface area is 123 Å². The van der Waals surface area contributed by atoms with Gasteiger partial charge in [-0.05, 0) is 43.2 Å². The van der Waals surface area contributed by atoms with Crippen LogP contribution in [0.15, 0.2) is 35.7 Å². The van der Waals surface area contributed by atoms with E-state index in [0.717, 1.165) is 24.8 Å². The van der Waals surface area contributed by atoms with Gasteiger partial charge in [0.15, 0.2) is 0 Å². The number of carbonyl (C=O) groups excluding carboxylic acids is 1. The van der Waals surface area contributed by atoms with E-state index in [1.54, 1.807) is 11.3 Å². The molecule has 3 rings (SSSR count). The van der Waals surface area contributed by atoms with E-state index in [9.17, 15) is 4.79 Å². The second-order valence-corrected chi connectivity index (χ2v) is 6.21. The summed E-state index contributed by atoms with van der Waals surface area (Å²) in [5.41, 5.74) is 3.48. The van der Waals surface area contributed by atoms with Crippen molar-refractivity contribution in [3.63, 3.8) is 0 Å². The van der Waals surface area contributed by atoms with E-state index in [-0.39, 0.29) is 5.91 Å². The van der Waals surface area contributed by atoms with E-state index >= 15 is 0 Å². The largest absolute Gasteiger partial charge is 0.352 e. The second kappa shape index (κ2) is 6.23. The van der Waals surface area contributed by atoms with E-state index in [4.69, 9.17) is 0 Å². The maximum absolute atomic E-state index is 12.3. The first-order chi connectivity index (χ1) is 9.84. The lowest BCUT2D eigenvalue weighted by Gasteiger charge is -2.12. The molecule has 0 saturated carbocycles. The number of hydrogen-bond donors (Lipinski definition) is 1. The van der Waals surface area contributed by atoms with Gasteiger partial charge in [0.1, 0.15) is 0 Å². The molecule has 0 fully saturated rings. The maximum Gasteiger partial charge on any atom is 0.252 e. The molecule has 1 aliphatic rings. The lowest BCUT2D eigenvalue weighted by molar-refractivity contribution is 0.0953. The van der Waals surface area contributed by atoms with Crippen LogP contribution in [0.1, 0.15) is 39.2 Å². The molecule has 0 saturated heterocycles. The van der Waals surface area contributed by atoms with Crippen LogP contribution in [0.4, 0.5) is 0 Å². The third-order valence-corrected chi connectivity index (χ3v) is 4.94. The normalized spacial score (nSPS) is 13.8. The van der Waals surface area contributed by atoms with Crippen molar-refractivity contribution in [2.45, 2.75) is 32.1 Å². The molecule has 0 radical (unpaired) electrons. The Morgan fingerprint density at radius 3 is 2.80 bits per heavy atom. The van der Waals surface area contributed by atoms with Crippen LogP contribution in [0.3, 0.4) is 0 Å². The van der Waals surface area contributed by atoms with Gasteiger partial charge in [-0.25, -0.2) is 0 Å². The van der Waals surface area contributed by atoms with Crippen LogP contribution in [0.25, 0.3) is 0 Å². The first-order valence-electron chi connectivity index (χ1n) is 7.26. The van der Waals surface area contributed by atoms with E-state index < -0.39 is 0 Å². The SMILES string of the molecule is O=C(NCCc1ccccc1)c1csc2c1CCCC2. The van der Waals surface area contributed by atoms with Gasteiger partial charge < -0.3 is 5.32 Å². The minimum atomic E-state index is 0.0975. The summed E-state index contributed by atoms with van der Waals surface area (Å²) in [4.78, 5) is 13.7. The first-order valence-corrected chi connectivity index (χ1v) is 8.14. The minimum absolute atomic E-state index is 0.0975. The van der Waals surface area contributed by atoms with Crippen LogP contribution < -0.4 is 5.32 Å². The highest BCUT2D eigenvalue weighted by Crippen LogP contribution is 2.30. The zero-order chi connectivity index (χ0) is 13.8. The lowest BCUT2D eigenvalue weighted by Crippen LogP contribution is -2.26. The van der Waals surface area contributed by atoms with Gasteiger partial charge in [0.05, 0.1) is 5.56 Å². The molecule has 1 aliphatic carbocycles. The summed E-state index contributed by atoms with van der Waals surface area (Å²) in [7, 11) is 0. The van der Waals surface area contributed by atoms with Crippen molar-refractivity contribution in [2.24, 2.45) is 0 Å². The van der Waals surface area contributed by atoms with Crippen LogP contribution in [0, 0.1) is 0 Å². The molecule has 2 aromatic rings. The number of amides is 1. The predicted molar refractivity (Wildman–Crippen MR) is 83.4 cm³/mol. The van der Waals surface area contributed by atoms with Crippen LogP contribution in [0.5, 0.6) is 0 Å². The molecule has 1 amide bonds. The molecule has 3 heteroatoms. The molecule has 2 nitrogen and oxygen atoms in total. The molecule has 0 spiro atoms. The van der Waals surface area contributed by atoms with Crippen molar-refractivity contribution in [2.75, 3.05) is 6.54 Å². The number of nitrogens with one attached hydrogen (secondary N) is 1. The average molecular weight is 285 g/mol. The highest BCUT2D eigenvalue weighted by atomic mass is 32.1. The molecule has 1 aromatic heterocycles. The molecular formula is C17H19NOS. The van der Waals surface area contributed by atoms with Crippen molar-refractivity contribution < 1.29 is 4.79 Å². The summed E-state index contributed by atoms with van der Waals surface area (Å²) < 4.78 is 0. The molecule has 20 heavy (non-hydrogen) atoms. The Morgan fingerprint density at radius 2 is 1.95 bits per heavy atom. The number of benzene rings is 1. The smallest absolute Gasteiger partial charge is 0.252 e. The molecule has 0 unspecified atom stereocenters. The Morgan fingerprint density at radius 1 is 1.15 bits per heavy atom. The van der Waals surface area contributed by atoms with Crippen molar-refractivity contribution in [3.05, 3.63) is 57.3 Å². The van der Waals surface area contributed by atoms with E-state index in [1.807, 2.05) is 23.6 Å². The summed E-state index contributed by atoms with van der Waals surface area (Å²) >= 11 is 1.75. The minimum Gasteiger partial charge on any atom is -0.352 e. The van der Waals surface area contributed by atoms with Crippen LogP contribution in [0.2, 0.25) is 0 Å². The molecule has 0 bridgehead atoms. The number of hydrogen-bond acceptors (Lipinski definition) is 2. The van der Waals surface area contributed by atoms with Crippen LogP contribution >= 0.6 is 11.3 Å². The maximum atomic E-state index is 12.3. The molecule has 1 N–H and O–H groups in total. The Kier molecular flexibility index (Phi) is 4.16. The lowest BCUT2D eigenvalue weighted by atomic mass is 9.95. The van der Waals surface area contributed by atoms with Gasteiger partial charge in [0, 0.05) is 16.8 Å². The number of carbonyl (C=O) groups is 1. The molecule has 0 aliphatic heterocycles. The zero-order valence-electron chi connectivity index (χ0n) is 11.5. The summed E-state index contributed by atoms with van der Waals surface area (Å²) in [5, 5.41) is 5.09. The fourth-order valence-corrected chi connectivity index (χ4v) is 3.87. The van der Waals surface area contributed by atoms with Crippen LogP contribution in [-0.4, -0.2) is 12.5 Å². The van der Waals surface area contributed by atoms with E-state index in [0.29, 0.717) is 6.54 Å². The van der Waals surface area contributed by atoms with Gasteiger partial charge in [-0.15, -0.1) is 11.3 Å². The fraction of sp³-hybridized carbons (Fsp3) is 0.353. The van der Waals surface area contributed by atoms with Crippen molar-refractivity contribution in [1.29, 1.82) is 0 Å². The molecular weight excluding hydrogens is 266 g/mol. The Bertz CT molecular complexity index is 588. The number of fused-ring (bicyclic) bond motifs is 1. The third-order valence-electron chi connectivity index (χ3n) is 3.85. The topological polar surface area (TPSA) is 29.1 Å². The summed E-state index contributed by atoms with van der Waals surface area (Å²) in [6.45, 7) is 0.702. The highest BCUT2D eigenvalue weighted by Gasteiger charge is 2.19. The summed E-state index contributed by atoms with van der Waals surface area (Å²) in [6, 6.07) is 10.3. The summed E-state index contributed by atoms with van der Waals surface area (Å²) in [6.07, 6.45) is 5.59. The van der Waals surface area contributed by atoms with Crippen LogP contribution in [-0.2, 0) is 19.3 Å². The zero-order valence-corrected chi connectivity index (χ0v) is 12.3. The number of aryl methyl sites for hydroxylation is 1. The van der Waals surface area contributed by atoms with Gasteiger partial charge >= 0.3 is 0 Å². The molecule has 1 aromatic carbocycles. The van der Waals surface area contributed by atoms with Crippen molar-refractivity contribution >= 4 is 17.2 Å². The predicted octanol–water partition coefficient (Wildman–Crippen LogP) is 3.60.